The molecular formula is C18H16N4O. The fraction of sp³-hybridized carbons (Fsp3) is 0.111. The predicted octanol–water partition coefficient (Wildman–Crippen LogP) is 3.18. The molecule has 5 nitrogen and oxygen atoms in total. The van der Waals surface area contributed by atoms with Crippen LogP contribution in [0.3, 0.4) is 0 Å². The zero-order valence-electron chi connectivity index (χ0n) is 12.5. The first kappa shape index (κ1) is 13.7. The second-order valence-corrected chi connectivity index (χ2v) is 5.32. The van der Waals surface area contributed by atoms with Crippen LogP contribution in [0.4, 0.5) is 5.69 Å². The molecule has 0 spiro atoms. The van der Waals surface area contributed by atoms with Gasteiger partial charge in [-0.25, -0.2) is 4.98 Å². The van der Waals surface area contributed by atoms with Gasteiger partial charge in [-0.1, -0.05) is 30.3 Å². The van der Waals surface area contributed by atoms with Crippen LogP contribution in [0.15, 0.2) is 54.7 Å². The average Bonchev–Trinajstić information content (AvgIpc) is 3.03. The van der Waals surface area contributed by atoms with Crippen LogP contribution in [0.2, 0.25) is 0 Å². The highest BCUT2D eigenvalue weighted by atomic mass is 16.3. The third-order valence-corrected chi connectivity index (χ3v) is 3.83. The molecule has 2 aromatic carbocycles. The number of hydrogen-bond acceptors (Lipinski definition) is 4. The van der Waals surface area contributed by atoms with Gasteiger partial charge in [0.15, 0.2) is 0 Å². The monoisotopic (exact) mass is 304 g/mol. The van der Waals surface area contributed by atoms with Crippen molar-refractivity contribution in [1.29, 1.82) is 0 Å². The molecule has 0 fully saturated rings. The van der Waals surface area contributed by atoms with E-state index in [9.17, 15) is 5.11 Å². The van der Waals surface area contributed by atoms with Crippen LogP contribution >= 0.6 is 0 Å². The molecule has 0 aliphatic carbocycles. The van der Waals surface area contributed by atoms with Crippen molar-refractivity contribution in [2.24, 2.45) is 0 Å². The van der Waals surface area contributed by atoms with Crippen LogP contribution in [0.1, 0.15) is 0 Å². The van der Waals surface area contributed by atoms with E-state index in [1.165, 1.54) is 0 Å². The number of benzene rings is 2. The standard InChI is InChI=1S/C18H16N4O/c23-10-9-19-17-12-5-1-2-6-14(12)20-11-13(17)18-21-15-7-3-4-8-16(15)22-18/h1-8,11,23H,9-10H2,(H,19,20)(H,21,22). The molecule has 5 heteroatoms. The number of aliphatic hydroxyl groups excluding tert-OH is 1. The predicted molar refractivity (Wildman–Crippen MR) is 92.4 cm³/mol. The van der Waals surface area contributed by atoms with Gasteiger partial charge in [0.1, 0.15) is 5.82 Å². The molecule has 3 N–H and O–H groups in total. The first-order valence-corrected chi connectivity index (χ1v) is 7.54. The number of aromatic nitrogens is 3. The van der Waals surface area contributed by atoms with Gasteiger partial charge in [0, 0.05) is 18.1 Å². The van der Waals surface area contributed by atoms with Crippen molar-refractivity contribution in [3.05, 3.63) is 54.7 Å². The average molecular weight is 304 g/mol. The van der Waals surface area contributed by atoms with Crippen molar-refractivity contribution < 1.29 is 5.11 Å². The number of nitrogens with zero attached hydrogens (tertiary/aromatic N) is 2. The van der Waals surface area contributed by atoms with Crippen molar-refractivity contribution in [3.63, 3.8) is 0 Å². The van der Waals surface area contributed by atoms with Crippen molar-refractivity contribution >= 4 is 27.6 Å². The third-order valence-electron chi connectivity index (χ3n) is 3.83. The molecular weight excluding hydrogens is 288 g/mol. The van der Waals surface area contributed by atoms with Gasteiger partial charge in [-0.3, -0.25) is 4.98 Å². The van der Waals surface area contributed by atoms with Gasteiger partial charge >= 0.3 is 0 Å². The number of fused-ring (bicyclic) bond motifs is 2. The van der Waals surface area contributed by atoms with Crippen molar-refractivity contribution in [2.45, 2.75) is 0 Å². The lowest BCUT2D eigenvalue weighted by Gasteiger charge is -2.12. The van der Waals surface area contributed by atoms with Crippen molar-refractivity contribution in [3.8, 4) is 11.4 Å². The summed E-state index contributed by atoms with van der Waals surface area (Å²) >= 11 is 0. The summed E-state index contributed by atoms with van der Waals surface area (Å²) in [6.07, 6.45) is 1.82. The van der Waals surface area contributed by atoms with Crippen LogP contribution in [-0.4, -0.2) is 33.2 Å². The first-order valence-electron chi connectivity index (χ1n) is 7.54. The third kappa shape index (κ3) is 2.41. The van der Waals surface area contributed by atoms with Crippen molar-refractivity contribution in [2.75, 3.05) is 18.5 Å². The zero-order chi connectivity index (χ0) is 15.6. The maximum atomic E-state index is 9.17. The normalized spacial score (nSPS) is 11.2. The second kappa shape index (κ2) is 5.70. The lowest BCUT2D eigenvalue weighted by atomic mass is 10.1. The van der Waals surface area contributed by atoms with Gasteiger partial charge in [-0.15, -0.1) is 0 Å². The molecule has 0 atom stereocenters. The number of para-hydroxylation sites is 3. The molecule has 0 aliphatic rings. The number of aliphatic hydroxyl groups is 1. The topological polar surface area (TPSA) is 73.8 Å². The minimum Gasteiger partial charge on any atom is -0.395 e. The molecule has 114 valence electrons. The van der Waals surface area contributed by atoms with E-state index < -0.39 is 0 Å². The van der Waals surface area contributed by atoms with E-state index >= 15 is 0 Å². The van der Waals surface area contributed by atoms with Gasteiger partial charge in [-0.2, -0.15) is 0 Å². The maximum absolute atomic E-state index is 9.17. The van der Waals surface area contributed by atoms with Gasteiger partial charge in [0.05, 0.1) is 34.4 Å². The molecule has 0 aliphatic heterocycles. The number of anilines is 1. The van der Waals surface area contributed by atoms with Gasteiger partial charge in [0.2, 0.25) is 0 Å². The Balaban J connectivity index is 1.94. The van der Waals surface area contributed by atoms with E-state index in [1.807, 2.05) is 54.7 Å². The van der Waals surface area contributed by atoms with Crippen molar-refractivity contribution in [1.82, 2.24) is 15.0 Å². The summed E-state index contributed by atoms with van der Waals surface area (Å²) in [6, 6.07) is 15.9. The number of imidazole rings is 1. The van der Waals surface area contributed by atoms with Gasteiger partial charge in [0.25, 0.3) is 0 Å². The van der Waals surface area contributed by atoms with E-state index in [-0.39, 0.29) is 6.61 Å². The van der Waals surface area contributed by atoms with E-state index in [0.717, 1.165) is 39.0 Å². The molecule has 0 amide bonds. The van der Waals surface area contributed by atoms with Gasteiger partial charge in [-0.05, 0) is 18.2 Å². The van der Waals surface area contributed by atoms with Crippen LogP contribution in [-0.2, 0) is 0 Å². The Morgan fingerprint density at radius 2 is 1.78 bits per heavy atom. The fourth-order valence-corrected chi connectivity index (χ4v) is 2.77. The lowest BCUT2D eigenvalue weighted by molar-refractivity contribution is 0.311. The lowest BCUT2D eigenvalue weighted by Crippen LogP contribution is -2.07. The smallest absolute Gasteiger partial charge is 0.142 e. The van der Waals surface area contributed by atoms with Crippen LogP contribution < -0.4 is 5.32 Å². The fourth-order valence-electron chi connectivity index (χ4n) is 2.77. The highest BCUT2D eigenvalue weighted by Crippen LogP contribution is 2.32. The molecule has 2 aromatic heterocycles. The van der Waals surface area contributed by atoms with Gasteiger partial charge < -0.3 is 15.4 Å². The minimum atomic E-state index is 0.0657. The molecule has 23 heavy (non-hydrogen) atoms. The molecule has 0 unspecified atom stereocenters. The molecule has 0 bridgehead atoms. The minimum absolute atomic E-state index is 0.0657. The number of H-pyrrole nitrogens is 1. The number of hydrogen-bond donors (Lipinski definition) is 3. The number of nitrogens with one attached hydrogen (secondary N) is 2. The highest BCUT2D eigenvalue weighted by Gasteiger charge is 2.13. The van der Waals surface area contributed by atoms with Crippen LogP contribution in [0, 0.1) is 0 Å². The second-order valence-electron chi connectivity index (χ2n) is 5.32. The summed E-state index contributed by atoms with van der Waals surface area (Å²) < 4.78 is 0. The summed E-state index contributed by atoms with van der Waals surface area (Å²) in [7, 11) is 0. The number of aromatic amines is 1. The Morgan fingerprint density at radius 3 is 2.61 bits per heavy atom. The first-order chi connectivity index (χ1) is 11.4. The molecule has 4 aromatic rings. The SMILES string of the molecule is OCCNc1c(-c2nc3ccccc3[nH]2)cnc2ccccc12. The Morgan fingerprint density at radius 1 is 1.00 bits per heavy atom. The Bertz CT molecular complexity index is 944. The summed E-state index contributed by atoms with van der Waals surface area (Å²) in [6.45, 7) is 0.539. The van der Waals surface area contributed by atoms with Crippen LogP contribution in [0.5, 0.6) is 0 Å². The van der Waals surface area contributed by atoms with E-state index in [0.29, 0.717) is 6.54 Å². The quantitative estimate of drug-likeness (QED) is 0.541. The van der Waals surface area contributed by atoms with E-state index in [2.05, 4.69) is 20.3 Å². The Hall–Kier alpha value is -2.92. The molecule has 0 saturated carbocycles. The largest absolute Gasteiger partial charge is 0.395 e. The molecule has 4 rings (SSSR count). The van der Waals surface area contributed by atoms with E-state index in [4.69, 9.17) is 0 Å². The summed E-state index contributed by atoms with van der Waals surface area (Å²) in [5, 5.41) is 13.5. The zero-order valence-corrected chi connectivity index (χ0v) is 12.5. The Labute approximate surface area is 133 Å². The summed E-state index contributed by atoms with van der Waals surface area (Å²) in [5.74, 6) is 0.768. The molecule has 0 saturated heterocycles. The molecule has 0 radical (unpaired) electrons. The maximum Gasteiger partial charge on any atom is 0.142 e. The van der Waals surface area contributed by atoms with Crippen LogP contribution in [0.25, 0.3) is 33.3 Å². The van der Waals surface area contributed by atoms with E-state index in [1.54, 1.807) is 0 Å². The molecule has 2 heterocycles. The number of pyridine rings is 1. The highest BCUT2D eigenvalue weighted by molar-refractivity contribution is 5.99. The Kier molecular flexibility index (Phi) is 3.40. The number of rotatable bonds is 4. The summed E-state index contributed by atoms with van der Waals surface area (Å²) in [4.78, 5) is 12.5. The summed E-state index contributed by atoms with van der Waals surface area (Å²) in [5.41, 5.74) is 4.65.